The average Bonchev–Trinajstić information content (AvgIpc) is 3.41. The van der Waals surface area contributed by atoms with Crippen molar-refractivity contribution in [3.63, 3.8) is 0 Å². The molecule has 8 nitrogen and oxygen atoms in total. The summed E-state index contributed by atoms with van der Waals surface area (Å²) in [5.74, 6) is 2.48. The summed E-state index contributed by atoms with van der Waals surface area (Å²) < 4.78 is 0. The lowest BCUT2D eigenvalue weighted by Crippen LogP contribution is -2.31. The molecule has 1 aliphatic heterocycles. The third-order valence-electron chi connectivity index (χ3n) is 6.28. The number of nitrogens with zero attached hydrogens (tertiary/aromatic N) is 5. The number of rotatable bonds is 10. The lowest BCUT2D eigenvalue weighted by molar-refractivity contribution is -0.119. The van der Waals surface area contributed by atoms with Crippen LogP contribution in [0.1, 0.15) is 44.1 Å². The Balaban J connectivity index is 1.52. The molecule has 0 aromatic heterocycles. The fraction of sp³-hybridized carbons (Fsp3) is 0.560. The van der Waals surface area contributed by atoms with Gasteiger partial charge in [0.05, 0.1) is 6.42 Å². The van der Waals surface area contributed by atoms with Gasteiger partial charge in [0, 0.05) is 49.8 Å². The minimum absolute atomic E-state index is 0.0880. The molecule has 1 amide bonds. The van der Waals surface area contributed by atoms with E-state index in [2.05, 4.69) is 61.5 Å². The molecule has 0 radical (unpaired) electrons. The smallest absolute Gasteiger partial charge is 0.230 e. The summed E-state index contributed by atoms with van der Waals surface area (Å²) in [5, 5.41) is 23.5. The van der Waals surface area contributed by atoms with Gasteiger partial charge in [-0.2, -0.15) is 10.2 Å². The highest BCUT2D eigenvalue weighted by molar-refractivity contribution is 8.14. The quantitative estimate of drug-likeness (QED) is 0.209. The summed E-state index contributed by atoms with van der Waals surface area (Å²) in [7, 11) is 1.93. The highest BCUT2D eigenvalue weighted by Crippen LogP contribution is 2.34. The Morgan fingerprint density at radius 2 is 1.91 bits per heavy atom. The van der Waals surface area contributed by atoms with Crippen LogP contribution in [0.4, 0.5) is 5.69 Å². The number of carbonyl (C=O) groups is 1. The van der Waals surface area contributed by atoms with Crippen LogP contribution in [0, 0.1) is 11.8 Å². The second kappa shape index (κ2) is 15.1. The van der Waals surface area contributed by atoms with E-state index in [9.17, 15) is 4.79 Å². The first-order chi connectivity index (χ1) is 17.1. The number of thioether (sulfide) groups is 2. The normalized spacial score (nSPS) is 21.1. The molecule has 2 fully saturated rings. The van der Waals surface area contributed by atoms with E-state index in [-0.39, 0.29) is 5.91 Å². The van der Waals surface area contributed by atoms with Crippen molar-refractivity contribution >= 4 is 58.8 Å². The zero-order valence-corrected chi connectivity index (χ0v) is 22.3. The predicted molar refractivity (Wildman–Crippen MR) is 153 cm³/mol. The molecule has 1 heterocycles. The van der Waals surface area contributed by atoms with Crippen LogP contribution >= 0.6 is 23.5 Å². The standard InChI is InChI=1S/C25H37N7OS2/c1-26-18-35-24(30-27-2)21-10-6-9-20(14-21)17-34-25(31-28-3)29-23(33)16-19-8-7-11-22(15-19)32-12-4-5-13-32/h7-8,11,15,20-21,26H,2-6,9-10,12-14,16-18H2,1H3,(H,29,31,33)/b30-24-/t20?,21-/m0/s1. The first-order valence-electron chi connectivity index (χ1n) is 12.2. The fourth-order valence-electron chi connectivity index (χ4n) is 4.65. The van der Waals surface area contributed by atoms with Crippen LogP contribution in [0.5, 0.6) is 0 Å². The highest BCUT2D eigenvalue weighted by Gasteiger charge is 2.27. The largest absolute Gasteiger partial charge is 0.372 e. The summed E-state index contributed by atoms with van der Waals surface area (Å²) in [6.45, 7) is 9.18. The molecule has 1 saturated carbocycles. The van der Waals surface area contributed by atoms with Crippen molar-refractivity contribution in [2.45, 2.75) is 44.9 Å². The van der Waals surface area contributed by atoms with Crippen LogP contribution in [0.2, 0.25) is 0 Å². The fourth-order valence-corrected chi connectivity index (χ4v) is 6.50. The topological polar surface area (TPSA) is 93.8 Å². The monoisotopic (exact) mass is 515 g/mol. The zero-order chi connectivity index (χ0) is 24.9. The summed E-state index contributed by atoms with van der Waals surface area (Å²) >= 11 is 3.24. The molecule has 1 saturated heterocycles. The summed E-state index contributed by atoms with van der Waals surface area (Å²) in [6, 6.07) is 8.26. The van der Waals surface area contributed by atoms with E-state index in [1.165, 1.54) is 18.5 Å². The van der Waals surface area contributed by atoms with Crippen LogP contribution in [0.3, 0.4) is 0 Å². The van der Waals surface area contributed by atoms with Crippen LogP contribution in [-0.4, -0.2) is 61.3 Å². The molecule has 2 aliphatic rings. The Kier molecular flexibility index (Phi) is 11.8. The molecule has 1 aliphatic carbocycles. The Bertz CT molecular complexity index is 915. The van der Waals surface area contributed by atoms with Crippen LogP contribution in [0.15, 0.2) is 44.7 Å². The minimum Gasteiger partial charge on any atom is -0.372 e. The van der Waals surface area contributed by atoms with Gasteiger partial charge >= 0.3 is 0 Å². The second-order valence-corrected chi connectivity index (χ2v) is 10.9. The van der Waals surface area contributed by atoms with Gasteiger partial charge in [-0.15, -0.1) is 10.2 Å². The molecule has 190 valence electrons. The molecule has 0 bridgehead atoms. The molecular formula is C25H37N7OS2. The van der Waals surface area contributed by atoms with Crippen molar-refractivity contribution in [1.29, 1.82) is 0 Å². The van der Waals surface area contributed by atoms with Gasteiger partial charge in [0.15, 0.2) is 5.17 Å². The van der Waals surface area contributed by atoms with E-state index in [0.717, 1.165) is 61.0 Å². The van der Waals surface area contributed by atoms with Crippen molar-refractivity contribution in [2.75, 3.05) is 36.7 Å². The highest BCUT2D eigenvalue weighted by atomic mass is 32.2. The van der Waals surface area contributed by atoms with Crippen molar-refractivity contribution < 1.29 is 4.79 Å². The molecule has 3 rings (SSSR count). The van der Waals surface area contributed by atoms with Gasteiger partial charge < -0.3 is 15.5 Å². The lowest BCUT2D eigenvalue weighted by Gasteiger charge is -2.29. The predicted octanol–water partition coefficient (Wildman–Crippen LogP) is 4.38. The Morgan fingerprint density at radius 1 is 1.11 bits per heavy atom. The van der Waals surface area contributed by atoms with Gasteiger partial charge in [-0.3, -0.25) is 4.79 Å². The van der Waals surface area contributed by atoms with Gasteiger partial charge in [-0.1, -0.05) is 42.1 Å². The lowest BCUT2D eigenvalue weighted by atomic mass is 9.83. The van der Waals surface area contributed by atoms with Gasteiger partial charge in [0.2, 0.25) is 5.91 Å². The van der Waals surface area contributed by atoms with E-state index in [4.69, 9.17) is 0 Å². The zero-order valence-electron chi connectivity index (χ0n) is 20.6. The van der Waals surface area contributed by atoms with Crippen molar-refractivity contribution in [3.05, 3.63) is 29.8 Å². The maximum Gasteiger partial charge on any atom is 0.230 e. The molecule has 35 heavy (non-hydrogen) atoms. The van der Waals surface area contributed by atoms with Gasteiger partial charge in [-0.25, -0.2) is 0 Å². The number of carbonyl (C=O) groups excluding carboxylic acids is 1. The van der Waals surface area contributed by atoms with Crippen molar-refractivity contribution in [1.82, 2.24) is 10.6 Å². The maximum absolute atomic E-state index is 12.8. The molecule has 0 spiro atoms. The average molecular weight is 516 g/mol. The third kappa shape index (κ3) is 9.09. The molecule has 10 heteroatoms. The van der Waals surface area contributed by atoms with Crippen LogP contribution in [-0.2, 0) is 11.2 Å². The van der Waals surface area contributed by atoms with Crippen LogP contribution < -0.4 is 15.5 Å². The third-order valence-corrected chi connectivity index (χ3v) is 8.51. The molecule has 2 atom stereocenters. The maximum atomic E-state index is 12.8. The van der Waals surface area contributed by atoms with E-state index in [1.807, 2.05) is 19.2 Å². The van der Waals surface area contributed by atoms with Gasteiger partial charge in [0.25, 0.3) is 0 Å². The van der Waals surface area contributed by atoms with Crippen LogP contribution in [0.25, 0.3) is 0 Å². The molecule has 1 unspecified atom stereocenters. The Hall–Kier alpha value is -2.17. The number of benzene rings is 1. The summed E-state index contributed by atoms with van der Waals surface area (Å²) in [6.07, 6.45) is 7.23. The van der Waals surface area contributed by atoms with Crippen molar-refractivity contribution in [2.24, 2.45) is 32.2 Å². The molecule has 2 N–H and O–H groups in total. The number of hydrogen-bond acceptors (Lipinski definition) is 9. The SMILES string of the molecule is C=N/N=C(/NC(=O)Cc1cccc(N2CCCC2)c1)SCC1CCC[C@H](/C(=N/N=C)SCNC)C1. The van der Waals surface area contributed by atoms with Gasteiger partial charge in [-0.05, 0) is 62.8 Å². The minimum atomic E-state index is -0.0880. The number of amidine groups is 1. The summed E-state index contributed by atoms with van der Waals surface area (Å²) in [5.41, 5.74) is 2.19. The Morgan fingerprint density at radius 3 is 2.66 bits per heavy atom. The van der Waals surface area contributed by atoms with E-state index >= 15 is 0 Å². The van der Waals surface area contributed by atoms with E-state index in [0.29, 0.717) is 23.4 Å². The van der Waals surface area contributed by atoms with Gasteiger partial charge in [0.1, 0.15) is 5.04 Å². The van der Waals surface area contributed by atoms with E-state index in [1.54, 1.807) is 23.5 Å². The van der Waals surface area contributed by atoms with Crippen molar-refractivity contribution in [3.8, 4) is 0 Å². The molecule has 1 aromatic carbocycles. The number of nitrogens with one attached hydrogen (secondary N) is 2. The Labute approximate surface area is 217 Å². The first-order valence-corrected chi connectivity index (χ1v) is 14.2. The summed E-state index contributed by atoms with van der Waals surface area (Å²) in [4.78, 5) is 15.2. The first kappa shape index (κ1) is 27.4. The number of hydrogen-bond donors (Lipinski definition) is 2. The van der Waals surface area contributed by atoms with E-state index < -0.39 is 0 Å². The molecule has 1 aromatic rings. The second-order valence-electron chi connectivity index (χ2n) is 8.90. The number of anilines is 1. The molecular weight excluding hydrogens is 478 g/mol. The number of amides is 1.